The summed E-state index contributed by atoms with van der Waals surface area (Å²) in [5.74, 6) is -0.757. The van der Waals surface area contributed by atoms with Crippen LogP contribution in [-0.2, 0) is 11.3 Å². The molecule has 2 aliphatic heterocycles. The van der Waals surface area contributed by atoms with Crippen molar-refractivity contribution in [2.75, 3.05) is 31.1 Å². The monoisotopic (exact) mass is 359 g/mol. The number of nitrogens with zero attached hydrogens (tertiary/aromatic N) is 2. The summed E-state index contributed by atoms with van der Waals surface area (Å²) in [7, 11) is 0. The van der Waals surface area contributed by atoms with Crippen molar-refractivity contribution in [2.24, 2.45) is 0 Å². The highest BCUT2D eigenvalue weighted by molar-refractivity contribution is 5.97. The predicted molar refractivity (Wildman–Crippen MR) is 97.6 cm³/mol. The SMILES string of the molecule is CCn1cc(C(C)=O)c(=O)c2cc(F)c(N3CC4NCCOC4C3)cc21. The summed E-state index contributed by atoms with van der Waals surface area (Å²) in [6.45, 7) is 6.61. The van der Waals surface area contributed by atoms with E-state index in [-0.39, 0.29) is 28.9 Å². The molecule has 2 saturated heterocycles. The van der Waals surface area contributed by atoms with E-state index in [1.54, 1.807) is 12.3 Å². The molecule has 2 aromatic rings. The number of anilines is 1. The highest BCUT2D eigenvalue weighted by Crippen LogP contribution is 2.29. The van der Waals surface area contributed by atoms with Crippen LogP contribution in [0.25, 0.3) is 10.9 Å². The van der Waals surface area contributed by atoms with Gasteiger partial charge in [-0.05, 0) is 26.0 Å². The molecule has 0 bridgehead atoms. The molecular weight excluding hydrogens is 337 g/mol. The van der Waals surface area contributed by atoms with Gasteiger partial charge in [0, 0.05) is 37.8 Å². The summed E-state index contributed by atoms with van der Waals surface area (Å²) >= 11 is 0. The van der Waals surface area contributed by atoms with Gasteiger partial charge in [0.05, 0.1) is 35.5 Å². The molecule has 0 aliphatic carbocycles. The molecule has 2 aliphatic rings. The molecule has 2 fully saturated rings. The topological polar surface area (TPSA) is 63.6 Å². The van der Waals surface area contributed by atoms with E-state index in [0.29, 0.717) is 37.4 Å². The van der Waals surface area contributed by atoms with Crippen LogP contribution in [0.15, 0.2) is 23.1 Å². The molecule has 3 heterocycles. The second-order valence-corrected chi connectivity index (χ2v) is 6.91. The van der Waals surface area contributed by atoms with E-state index in [0.717, 1.165) is 6.54 Å². The first-order valence-corrected chi connectivity index (χ1v) is 8.97. The van der Waals surface area contributed by atoms with Crippen LogP contribution in [0, 0.1) is 5.82 Å². The molecule has 1 aromatic carbocycles. The average molecular weight is 359 g/mol. The van der Waals surface area contributed by atoms with Gasteiger partial charge in [0.25, 0.3) is 0 Å². The normalized spacial score (nSPS) is 22.7. The number of hydrogen-bond acceptors (Lipinski definition) is 5. The maximum atomic E-state index is 14.9. The van der Waals surface area contributed by atoms with Crippen LogP contribution in [-0.4, -0.2) is 48.7 Å². The van der Waals surface area contributed by atoms with Gasteiger partial charge in [0.15, 0.2) is 11.2 Å². The number of ketones is 1. The van der Waals surface area contributed by atoms with Crippen LogP contribution < -0.4 is 15.6 Å². The van der Waals surface area contributed by atoms with Gasteiger partial charge in [0.1, 0.15) is 5.82 Å². The first kappa shape index (κ1) is 17.2. The fourth-order valence-electron chi connectivity index (χ4n) is 3.94. The van der Waals surface area contributed by atoms with Crippen LogP contribution in [0.5, 0.6) is 0 Å². The number of ether oxygens (including phenoxy) is 1. The van der Waals surface area contributed by atoms with Crippen molar-refractivity contribution in [1.82, 2.24) is 9.88 Å². The standard InChI is InChI=1S/C19H22FN3O3/c1-3-22-8-13(11(2)24)19(25)12-6-14(20)17(7-16(12)22)23-9-15-18(10-23)26-5-4-21-15/h6-8,15,18,21H,3-5,9-10H2,1-2H3. The summed E-state index contributed by atoms with van der Waals surface area (Å²) in [5, 5.41) is 3.65. The fourth-order valence-corrected chi connectivity index (χ4v) is 3.94. The van der Waals surface area contributed by atoms with Crippen LogP contribution in [0.1, 0.15) is 24.2 Å². The largest absolute Gasteiger partial charge is 0.373 e. The molecule has 1 aromatic heterocycles. The van der Waals surface area contributed by atoms with Gasteiger partial charge in [0.2, 0.25) is 0 Å². The second-order valence-electron chi connectivity index (χ2n) is 6.91. The lowest BCUT2D eigenvalue weighted by molar-refractivity contribution is 0.0212. The molecular formula is C19H22FN3O3. The third-order valence-electron chi connectivity index (χ3n) is 5.32. The molecule has 138 valence electrons. The maximum Gasteiger partial charge on any atom is 0.200 e. The summed E-state index contributed by atoms with van der Waals surface area (Å²) < 4.78 is 22.5. The summed E-state index contributed by atoms with van der Waals surface area (Å²) in [4.78, 5) is 26.3. The minimum Gasteiger partial charge on any atom is -0.373 e. The third kappa shape index (κ3) is 2.71. The Bertz CT molecular complexity index is 926. The van der Waals surface area contributed by atoms with Gasteiger partial charge >= 0.3 is 0 Å². The molecule has 4 rings (SSSR count). The molecule has 0 amide bonds. The number of pyridine rings is 1. The zero-order valence-electron chi connectivity index (χ0n) is 14.9. The number of rotatable bonds is 3. The highest BCUT2D eigenvalue weighted by Gasteiger charge is 2.36. The Morgan fingerprint density at radius 3 is 2.88 bits per heavy atom. The van der Waals surface area contributed by atoms with Crippen molar-refractivity contribution in [3.05, 3.63) is 39.9 Å². The van der Waals surface area contributed by atoms with Gasteiger partial charge in [-0.3, -0.25) is 9.59 Å². The number of Topliss-reactive ketones (excluding diaryl/α,β-unsaturated/α-hetero) is 1. The molecule has 0 saturated carbocycles. The van der Waals surface area contributed by atoms with Crippen molar-refractivity contribution in [2.45, 2.75) is 32.5 Å². The summed E-state index contributed by atoms with van der Waals surface area (Å²) in [5.41, 5.74) is 0.788. The van der Waals surface area contributed by atoms with Crippen LogP contribution in [0.4, 0.5) is 10.1 Å². The van der Waals surface area contributed by atoms with Crippen molar-refractivity contribution < 1.29 is 13.9 Å². The molecule has 26 heavy (non-hydrogen) atoms. The average Bonchev–Trinajstić information content (AvgIpc) is 3.05. The summed E-state index contributed by atoms with van der Waals surface area (Å²) in [6.07, 6.45) is 1.62. The van der Waals surface area contributed by atoms with Gasteiger partial charge in [-0.25, -0.2) is 4.39 Å². The number of fused-ring (bicyclic) bond motifs is 2. The number of carbonyl (C=O) groups excluding carboxylic acids is 1. The Morgan fingerprint density at radius 1 is 1.38 bits per heavy atom. The number of nitrogens with one attached hydrogen (secondary N) is 1. The number of aryl methyl sites for hydroxylation is 1. The molecule has 2 unspecified atom stereocenters. The quantitative estimate of drug-likeness (QED) is 0.843. The van der Waals surface area contributed by atoms with Gasteiger partial charge in [-0.15, -0.1) is 0 Å². The molecule has 1 N–H and O–H groups in total. The molecule has 0 spiro atoms. The fraction of sp³-hybridized carbons (Fsp3) is 0.474. The molecule has 2 atom stereocenters. The van der Waals surface area contributed by atoms with E-state index in [4.69, 9.17) is 4.74 Å². The first-order chi connectivity index (χ1) is 12.5. The molecule has 6 nitrogen and oxygen atoms in total. The van der Waals surface area contributed by atoms with Crippen LogP contribution in [0.2, 0.25) is 0 Å². The van der Waals surface area contributed by atoms with Crippen molar-refractivity contribution in [3.63, 3.8) is 0 Å². The Kier molecular flexibility index (Phi) is 4.28. The second kappa shape index (κ2) is 6.48. The van der Waals surface area contributed by atoms with Crippen molar-refractivity contribution >= 4 is 22.4 Å². The highest BCUT2D eigenvalue weighted by atomic mass is 19.1. The number of morpholine rings is 1. The van der Waals surface area contributed by atoms with Crippen molar-refractivity contribution in [3.8, 4) is 0 Å². The number of halogens is 1. The van der Waals surface area contributed by atoms with Crippen molar-refractivity contribution in [1.29, 1.82) is 0 Å². The van der Waals surface area contributed by atoms with E-state index >= 15 is 0 Å². The number of benzene rings is 1. The van der Waals surface area contributed by atoms with Gasteiger partial charge in [-0.2, -0.15) is 0 Å². The summed E-state index contributed by atoms with van der Waals surface area (Å²) in [6, 6.07) is 3.17. The first-order valence-electron chi connectivity index (χ1n) is 8.97. The van der Waals surface area contributed by atoms with Crippen LogP contribution in [0.3, 0.4) is 0 Å². The maximum absolute atomic E-state index is 14.9. The van der Waals surface area contributed by atoms with Gasteiger partial charge < -0.3 is 19.5 Å². The Labute approximate surface area is 150 Å². The smallest absolute Gasteiger partial charge is 0.200 e. The van der Waals surface area contributed by atoms with Gasteiger partial charge in [-0.1, -0.05) is 0 Å². The van der Waals surface area contributed by atoms with E-state index in [1.807, 2.05) is 16.4 Å². The molecule has 0 radical (unpaired) electrons. The number of aromatic nitrogens is 1. The Hall–Kier alpha value is -2.25. The number of carbonyl (C=O) groups is 1. The third-order valence-corrected chi connectivity index (χ3v) is 5.32. The lowest BCUT2D eigenvalue weighted by Crippen LogP contribution is -2.47. The van der Waals surface area contributed by atoms with E-state index in [9.17, 15) is 14.0 Å². The zero-order chi connectivity index (χ0) is 18.4. The molecule has 7 heteroatoms. The Balaban J connectivity index is 1.83. The minimum absolute atomic E-state index is 0.0484. The van der Waals surface area contributed by atoms with E-state index in [2.05, 4.69) is 5.32 Å². The van der Waals surface area contributed by atoms with Crippen LogP contribution >= 0.6 is 0 Å². The number of hydrogen-bond donors (Lipinski definition) is 1. The Morgan fingerprint density at radius 2 is 2.19 bits per heavy atom. The zero-order valence-corrected chi connectivity index (χ0v) is 14.9. The predicted octanol–water partition coefficient (Wildman–Crippen LogP) is 1.54. The minimum atomic E-state index is -0.448. The van der Waals surface area contributed by atoms with E-state index < -0.39 is 11.2 Å². The lowest BCUT2D eigenvalue weighted by Gasteiger charge is -2.25. The lowest BCUT2D eigenvalue weighted by atomic mass is 10.1. The van der Waals surface area contributed by atoms with E-state index in [1.165, 1.54) is 13.0 Å².